The lowest BCUT2D eigenvalue weighted by Gasteiger charge is -2.31. The smallest absolute Gasteiger partial charge is 0.234 e. The molecule has 2 fully saturated rings. The number of ether oxygens (including phenoxy) is 2. The first-order valence-electron chi connectivity index (χ1n) is 16.2. The fourth-order valence-corrected chi connectivity index (χ4v) is 8.15. The van der Waals surface area contributed by atoms with Gasteiger partial charge < -0.3 is 14.6 Å². The number of para-hydroxylation sites is 1. The Morgan fingerprint density at radius 3 is 2.53 bits per heavy atom. The lowest BCUT2D eigenvalue weighted by molar-refractivity contribution is -0.140. The number of carbonyl (C=O) groups excluding carboxylic acids is 2. The molecule has 1 aliphatic carbocycles. The number of benzene rings is 2. The Labute approximate surface area is 279 Å². The molecule has 2 aliphatic heterocycles. The van der Waals surface area contributed by atoms with Gasteiger partial charge in [-0.15, -0.1) is 11.3 Å². The van der Waals surface area contributed by atoms with Crippen LogP contribution in [0.2, 0.25) is 0 Å². The summed E-state index contributed by atoms with van der Waals surface area (Å²) in [5.74, 6) is -0.0863. The summed E-state index contributed by atoms with van der Waals surface area (Å²) in [4.78, 5) is 34.8. The van der Waals surface area contributed by atoms with Gasteiger partial charge in [-0.05, 0) is 120 Å². The van der Waals surface area contributed by atoms with Crippen LogP contribution in [0.25, 0.3) is 11.6 Å². The molecule has 4 atom stereocenters. The van der Waals surface area contributed by atoms with E-state index in [1.807, 2.05) is 92.0 Å². The SMILES string of the molecule is Cc1cc(/C=C(/CC[C@H]2OC[C@H]3C2=C(COc2ccccc2)C[C@H]2C(=O)N(Cc4cccs4)C(=O)[C@H]23)c2ccccn2)cc(C)c1O. The molecule has 0 saturated carbocycles. The molecule has 2 aromatic carbocycles. The summed E-state index contributed by atoms with van der Waals surface area (Å²) in [6.45, 7) is 4.89. The molecule has 7 rings (SSSR count). The quantitative estimate of drug-likeness (QED) is 0.143. The molecule has 0 unspecified atom stereocenters. The zero-order valence-electron chi connectivity index (χ0n) is 26.6. The first-order valence-corrected chi connectivity index (χ1v) is 17.1. The molecule has 7 nitrogen and oxygen atoms in total. The van der Waals surface area contributed by atoms with E-state index in [0.717, 1.165) is 49.7 Å². The number of fused-ring (bicyclic) bond motifs is 3. The number of pyridine rings is 1. The summed E-state index contributed by atoms with van der Waals surface area (Å²) in [5.41, 5.74) is 6.79. The number of thiophene rings is 1. The molecule has 1 N–H and O–H groups in total. The number of imide groups is 1. The van der Waals surface area contributed by atoms with Gasteiger partial charge in [0.25, 0.3) is 0 Å². The van der Waals surface area contributed by atoms with E-state index < -0.39 is 11.8 Å². The van der Waals surface area contributed by atoms with Gasteiger partial charge in [0.2, 0.25) is 11.8 Å². The summed E-state index contributed by atoms with van der Waals surface area (Å²) in [6, 6.07) is 23.5. The van der Waals surface area contributed by atoms with E-state index in [4.69, 9.17) is 9.47 Å². The Morgan fingerprint density at radius 2 is 1.81 bits per heavy atom. The number of hydrogen-bond donors (Lipinski definition) is 1. The van der Waals surface area contributed by atoms with E-state index in [0.29, 0.717) is 44.8 Å². The van der Waals surface area contributed by atoms with Crippen LogP contribution in [0.5, 0.6) is 11.5 Å². The van der Waals surface area contributed by atoms with E-state index in [-0.39, 0.29) is 23.8 Å². The van der Waals surface area contributed by atoms with E-state index in [1.54, 1.807) is 17.5 Å². The Bertz CT molecular complexity index is 1810. The summed E-state index contributed by atoms with van der Waals surface area (Å²) >= 11 is 1.56. The van der Waals surface area contributed by atoms with E-state index >= 15 is 0 Å². The Hall–Kier alpha value is -4.53. The molecule has 3 aliphatic rings. The normalized spacial score (nSPS) is 22.5. The second-order valence-corrected chi connectivity index (χ2v) is 13.7. The molecule has 4 aromatic rings. The second kappa shape index (κ2) is 13.3. The summed E-state index contributed by atoms with van der Waals surface area (Å²) in [5, 5.41) is 12.3. The number of aromatic nitrogens is 1. The number of hydrogen-bond acceptors (Lipinski definition) is 7. The molecule has 4 heterocycles. The topological polar surface area (TPSA) is 89.0 Å². The van der Waals surface area contributed by atoms with Crippen molar-refractivity contribution in [3.05, 3.63) is 123 Å². The molecule has 240 valence electrons. The number of allylic oxidation sites excluding steroid dienone is 1. The van der Waals surface area contributed by atoms with Gasteiger partial charge in [-0.3, -0.25) is 19.5 Å². The molecule has 8 heteroatoms. The van der Waals surface area contributed by atoms with Gasteiger partial charge in [-0.1, -0.05) is 30.3 Å². The average Bonchev–Trinajstić information content (AvgIpc) is 3.82. The predicted molar refractivity (Wildman–Crippen MR) is 183 cm³/mol. The van der Waals surface area contributed by atoms with Gasteiger partial charge in [-0.25, -0.2) is 0 Å². The van der Waals surface area contributed by atoms with Crippen molar-refractivity contribution in [2.45, 2.75) is 45.8 Å². The summed E-state index contributed by atoms with van der Waals surface area (Å²) in [7, 11) is 0. The molecular weight excluding hydrogens is 609 g/mol. The van der Waals surface area contributed by atoms with Gasteiger partial charge in [0.1, 0.15) is 18.1 Å². The lowest BCUT2D eigenvalue weighted by Crippen LogP contribution is -2.35. The van der Waals surface area contributed by atoms with Crippen LogP contribution in [0.4, 0.5) is 0 Å². The number of carbonyl (C=O) groups is 2. The number of aryl methyl sites for hydroxylation is 2. The number of aromatic hydroxyl groups is 1. The first kappa shape index (κ1) is 31.1. The molecular formula is C39H38N2O5S. The zero-order chi connectivity index (χ0) is 32.5. The standard InChI is InChI=1S/C39H38N2O5S/c1-24-17-26(18-25(2)37(24)42)19-27(33-12-6-7-15-40-33)13-14-34-35-28(22-45-29-9-4-3-5-10-29)20-31-36(32(35)23-46-34)39(44)41(38(31)43)21-30-11-8-16-47-30/h3-12,15-19,31-32,34,36,42H,13-14,20-23H2,1-2H3/b27-19-/t31-,32+,34-,36-/m1/s1. The largest absolute Gasteiger partial charge is 0.507 e. The number of phenolic OH excluding ortho intramolecular Hbond substituents is 1. The monoisotopic (exact) mass is 646 g/mol. The Kier molecular flexibility index (Phi) is 8.80. The van der Waals surface area contributed by atoms with Gasteiger partial charge in [0, 0.05) is 17.0 Å². The summed E-state index contributed by atoms with van der Waals surface area (Å²) < 4.78 is 12.8. The van der Waals surface area contributed by atoms with Crippen LogP contribution in [-0.2, 0) is 20.9 Å². The van der Waals surface area contributed by atoms with Crippen LogP contribution < -0.4 is 4.74 Å². The molecule has 0 radical (unpaired) electrons. The number of rotatable bonds is 10. The third-order valence-electron chi connectivity index (χ3n) is 9.67. The molecule has 2 saturated heterocycles. The van der Waals surface area contributed by atoms with Crippen molar-refractivity contribution in [3.63, 3.8) is 0 Å². The average molecular weight is 647 g/mol. The van der Waals surface area contributed by atoms with Crippen molar-refractivity contribution in [3.8, 4) is 11.5 Å². The molecule has 0 spiro atoms. The molecule has 2 aromatic heterocycles. The van der Waals surface area contributed by atoms with Crippen LogP contribution in [0, 0.1) is 31.6 Å². The van der Waals surface area contributed by atoms with Gasteiger partial charge in [0.05, 0.1) is 36.8 Å². The van der Waals surface area contributed by atoms with Gasteiger partial charge >= 0.3 is 0 Å². The van der Waals surface area contributed by atoms with Gasteiger partial charge in [-0.2, -0.15) is 0 Å². The van der Waals surface area contributed by atoms with Crippen LogP contribution in [0.15, 0.2) is 95.5 Å². The number of amides is 2. The van der Waals surface area contributed by atoms with Crippen molar-refractivity contribution in [1.29, 1.82) is 0 Å². The number of likely N-dealkylation sites (tertiary alicyclic amines) is 1. The maximum Gasteiger partial charge on any atom is 0.234 e. The number of phenols is 1. The Morgan fingerprint density at radius 1 is 1.02 bits per heavy atom. The van der Waals surface area contributed by atoms with Crippen molar-refractivity contribution in [2.75, 3.05) is 13.2 Å². The minimum absolute atomic E-state index is 0.0877. The van der Waals surface area contributed by atoms with Crippen LogP contribution in [0.3, 0.4) is 0 Å². The van der Waals surface area contributed by atoms with E-state index in [1.165, 1.54) is 4.90 Å². The fraction of sp³-hybridized carbons (Fsp3) is 0.308. The van der Waals surface area contributed by atoms with Crippen molar-refractivity contribution in [2.24, 2.45) is 17.8 Å². The van der Waals surface area contributed by atoms with Crippen molar-refractivity contribution >= 4 is 34.8 Å². The van der Waals surface area contributed by atoms with E-state index in [9.17, 15) is 14.7 Å². The predicted octanol–water partition coefficient (Wildman–Crippen LogP) is 7.38. The lowest BCUT2D eigenvalue weighted by atomic mass is 9.69. The number of nitrogens with zero attached hydrogens (tertiary/aromatic N) is 2. The second-order valence-electron chi connectivity index (χ2n) is 12.7. The highest BCUT2D eigenvalue weighted by atomic mass is 32.1. The molecule has 2 amide bonds. The maximum atomic E-state index is 13.9. The van der Waals surface area contributed by atoms with E-state index in [2.05, 4.69) is 11.1 Å². The highest BCUT2D eigenvalue weighted by Gasteiger charge is 2.57. The summed E-state index contributed by atoms with van der Waals surface area (Å²) in [6.07, 6.45) is 5.60. The minimum Gasteiger partial charge on any atom is -0.507 e. The van der Waals surface area contributed by atoms with Crippen molar-refractivity contribution in [1.82, 2.24) is 9.88 Å². The third kappa shape index (κ3) is 6.27. The van der Waals surface area contributed by atoms with Crippen LogP contribution in [-0.4, -0.2) is 46.1 Å². The zero-order valence-corrected chi connectivity index (χ0v) is 27.4. The molecule has 0 bridgehead atoms. The Balaban J connectivity index is 1.19. The molecule has 47 heavy (non-hydrogen) atoms. The highest BCUT2D eigenvalue weighted by molar-refractivity contribution is 7.09. The van der Waals surface area contributed by atoms with Crippen molar-refractivity contribution < 1.29 is 24.2 Å². The first-order chi connectivity index (χ1) is 22.9. The van der Waals surface area contributed by atoms with Crippen LogP contribution >= 0.6 is 11.3 Å². The highest BCUT2D eigenvalue weighted by Crippen LogP contribution is 2.50. The van der Waals surface area contributed by atoms with Gasteiger partial charge in [0.15, 0.2) is 0 Å². The van der Waals surface area contributed by atoms with Crippen LogP contribution in [0.1, 0.15) is 46.5 Å². The maximum absolute atomic E-state index is 13.9. The fourth-order valence-electron chi connectivity index (χ4n) is 7.46. The third-order valence-corrected chi connectivity index (χ3v) is 10.5. The minimum atomic E-state index is -0.420.